The minimum Gasteiger partial charge on any atom is -0.505 e. The van der Waals surface area contributed by atoms with Gasteiger partial charge in [-0.3, -0.25) is 9.59 Å². The average Bonchev–Trinajstić information content (AvgIpc) is 2.39. The molecule has 0 atom stereocenters. The highest BCUT2D eigenvalue weighted by Gasteiger charge is 2.19. The molecule has 0 radical (unpaired) electrons. The molecule has 18 heavy (non-hydrogen) atoms. The van der Waals surface area contributed by atoms with Crippen molar-refractivity contribution >= 4 is 11.9 Å². The normalized spacial score (nSPS) is 9.89. The van der Waals surface area contributed by atoms with Crippen molar-refractivity contribution in [1.29, 1.82) is 0 Å². The lowest BCUT2D eigenvalue weighted by Gasteiger charge is -2.20. The second-order valence-corrected chi connectivity index (χ2v) is 3.58. The maximum absolute atomic E-state index is 12.0. The number of carbonyl (C=O) groups excluding carboxylic acids is 2. The Hall–Kier alpha value is -2.11. The van der Waals surface area contributed by atoms with Crippen LogP contribution in [-0.2, 0) is 9.53 Å². The van der Waals surface area contributed by atoms with Gasteiger partial charge in [0.2, 0.25) is 0 Å². The predicted molar refractivity (Wildman–Crippen MR) is 64.1 cm³/mol. The zero-order valence-electron chi connectivity index (χ0n) is 10.4. The second kappa shape index (κ2) is 6.58. The van der Waals surface area contributed by atoms with Crippen molar-refractivity contribution in [1.82, 2.24) is 9.88 Å². The van der Waals surface area contributed by atoms with Gasteiger partial charge in [0.05, 0.1) is 13.5 Å². The van der Waals surface area contributed by atoms with E-state index in [4.69, 9.17) is 0 Å². The van der Waals surface area contributed by atoms with Crippen molar-refractivity contribution in [3.05, 3.63) is 24.0 Å². The molecule has 1 aromatic rings. The van der Waals surface area contributed by atoms with Gasteiger partial charge in [-0.25, -0.2) is 4.98 Å². The number of carbonyl (C=O) groups is 2. The summed E-state index contributed by atoms with van der Waals surface area (Å²) in [5.74, 6) is -0.954. The molecule has 0 spiro atoms. The molecule has 0 aliphatic rings. The van der Waals surface area contributed by atoms with E-state index in [0.29, 0.717) is 6.54 Å². The second-order valence-electron chi connectivity index (χ2n) is 3.58. The summed E-state index contributed by atoms with van der Waals surface area (Å²) in [6.45, 7) is 2.44. The Balaban J connectivity index is 2.74. The highest BCUT2D eigenvalue weighted by Crippen LogP contribution is 2.15. The van der Waals surface area contributed by atoms with Gasteiger partial charge in [-0.15, -0.1) is 0 Å². The fourth-order valence-corrected chi connectivity index (χ4v) is 1.44. The third kappa shape index (κ3) is 3.44. The number of pyridine rings is 1. The van der Waals surface area contributed by atoms with E-state index in [9.17, 15) is 14.7 Å². The maximum atomic E-state index is 12.0. The number of nitrogens with zero attached hydrogens (tertiary/aromatic N) is 2. The number of hydrogen-bond donors (Lipinski definition) is 1. The summed E-state index contributed by atoms with van der Waals surface area (Å²) in [6.07, 6.45) is 1.55. The Bertz CT molecular complexity index is 434. The zero-order valence-corrected chi connectivity index (χ0v) is 10.4. The number of aromatic nitrogens is 1. The van der Waals surface area contributed by atoms with Gasteiger partial charge in [0, 0.05) is 19.3 Å². The van der Waals surface area contributed by atoms with Gasteiger partial charge in [0.1, 0.15) is 5.75 Å². The molecule has 98 valence electrons. The van der Waals surface area contributed by atoms with Crippen LogP contribution in [0.15, 0.2) is 18.3 Å². The van der Waals surface area contributed by atoms with E-state index >= 15 is 0 Å². The van der Waals surface area contributed by atoms with E-state index in [-0.39, 0.29) is 30.4 Å². The summed E-state index contributed by atoms with van der Waals surface area (Å²) in [6, 6.07) is 2.94. The van der Waals surface area contributed by atoms with Crippen LogP contribution in [-0.4, -0.2) is 47.1 Å². The van der Waals surface area contributed by atoms with Gasteiger partial charge in [0.15, 0.2) is 5.69 Å². The molecule has 6 nitrogen and oxygen atoms in total. The molecule has 0 saturated carbocycles. The number of aromatic hydroxyl groups is 1. The van der Waals surface area contributed by atoms with Crippen LogP contribution in [0.4, 0.5) is 0 Å². The Morgan fingerprint density at radius 3 is 2.78 bits per heavy atom. The number of hydrogen-bond acceptors (Lipinski definition) is 5. The largest absolute Gasteiger partial charge is 0.505 e. The van der Waals surface area contributed by atoms with E-state index in [1.165, 1.54) is 30.3 Å². The van der Waals surface area contributed by atoms with Gasteiger partial charge < -0.3 is 14.7 Å². The van der Waals surface area contributed by atoms with Crippen LogP contribution >= 0.6 is 0 Å². The Morgan fingerprint density at radius 2 is 2.22 bits per heavy atom. The standard InChI is InChI=1S/C12H16N2O4/c1-3-14(8-6-10(16)18-2)12(17)11-9(15)5-4-7-13-11/h4-5,7,15H,3,6,8H2,1-2H3. The van der Waals surface area contributed by atoms with Crippen molar-refractivity contribution in [2.45, 2.75) is 13.3 Å². The van der Waals surface area contributed by atoms with Crippen molar-refractivity contribution in [2.24, 2.45) is 0 Å². The van der Waals surface area contributed by atoms with Gasteiger partial charge >= 0.3 is 5.97 Å². The average molecular weight is 252 g/mol. The molecular weight excluding hydrogens is 236 g/mol. The van der Waals surface area contributed by atoms with E-state index in [1.807, 2.05) is 0 Å². The van der Waals surface area contributed by atoms with Crippen molar-refractivity contribution < 1.29 is 19.4 Å². The first kappa shape index (κ1) is 14.0. The van der Waals surface area contributed by atoms with E-state index in [1.54, 1.807) is 6.92 Å². The first-order valence-corrected chi connectivity index (χ1v) is 5.60. The highest BCUT2D eigenvalue weighted by atomic mass is 16.5. The van der Waals surface area contributed by atoms with Crippen LogP contribution in [0.2, 0.25) is 0 Å². The highest BCUT2D eigenvalue weighted by molar-refractivity contribution is 5.94. The fraction of sp³-hybridized carbons (Fsp3) is 0.417. The van der Waals surface area contributed by atoms with Crippen molar-refractivity contribution in [2.75, 3.05) is 20.2 Å². The van der Waals surface area contributed by atoms with Crippen molar-refractivity contribution in [3.63, 3.8) is 0 Å². The van der Waals surface area contributed by atoms with Crippen LogP contribution in [0.25, 0.3) is 0 Å². The summed E-state index contributed by atoms with van der Waals surface area (Å²) in [7, 11) is 1.30. The predicted octanol–water partition coefficient (Wildman–Crippen LogP) is 0.812. The van der Waals surface area contributed by atoms with Crippen LogP contribution in [0.1, 0.15) is 23.8 Å². The fourth-order valence-electron chi connectivity index (χ4n) is 1.44. The molecule has 0 aliphatic heterocycles. The number of methoxy groups -OCH3 is 1. The van der Waals surface area contributed by atoms with Crippen LogP contribution < -0.4 is 0 Å². The monoisotopic (exact) mass is 252 g/mol. The Kier molecular flexibility index (Phi) is 5.10. The molecular formula is C12H16N2O4. The number of ether oxygens (including phenoxy) is 1. The third-order valence-corrected chi connectivity index (χ3v) is 2.47. The molecule has 0 fully saturated rings. The summed E-state index contributed by atoms with van der Waals surface area (Å²) >= 11 is 0. The number of rotatable bonds is 5. The lowest BCUT2D eigenvalue weighted by atomic mass is 10.2. The van der Waals surface area contributed by atoms with Crippen LogP contribution in [0.5, 0.6) is 5.75 Å². The molecule has 0 aromatic carbocycles. The SMILES string of the molecule is CCN(CCC(=O)OC)C(=O)c1ncccc1O. The lowest BCUT2D eigenvalue weighted by molar-refractivity contribution is -0.140. The summed E-state index contributed by atoms with van der Waals surface area (Å²) in [4.78, 5) is 28.3. The maximum Gasteiger partial charge on any atom is 0.307 e. The molecule has 0 unspecified atom stereocenters. The summed E-state index contributed by atoms with van der Waals surface area (Å²) < 4.78 is 4.51. The van der Waals surface area contributed by atoms with E-state index < -0.39 is 5.91 Å². The smallest absolute Gasteiger partial charge is 0.307 e. The van der Waals surface area contributed by atoms with Crippen LogP contribution in [0, 0.1) is 0 Å². The van der Waals surface area contributed by atoms with Crippen LogP contribution in [0.3, 0.4) is 0 Å². The minimum absolute atomic E-state index is 0.00999. The molecule has 1 N–H and O–H groups in total. The number of esters is 1. The lowest BCUT2D eigenvalue weighted by Crippen LogP contribution is -2.33. The molecule has 0 aliphatic carbocycles. The molecule has 1 aromatic heterocycles. The molecule has 0 saturated heterocycles. The molecule has 0 bridgehead atoms. The Morgan fingerprint density at radius 1 is 1.50 bits per heavy atom. The quantitative estimate of drug-likeness (QED) is 0.784. The first-order valence-electron chi connectivity index (χ1n) is 5.60. The van der Waals surface area contributed by atoms with Gasteiger partial charge in [0.25, 0.3) is 5.91 Å². The van der Waals surface area contributed by atoms with Gasteiger partial charge in [-0.2, -0.15) is 0 Å². The van der Waals surface area contributed by atoms with E-state index in [0.717, 1.165) is 0 Å². The molecule has 6 heteroatoms. The Labute approximate surface area is 105 Å². The van der Waals surface area contributed by atoms with E-state index in [2.05, 4.69) is 9.72 Å². The summed E-state index contributed by atoms with van der Waals surface area (Å²) in [5.41, 5.74) is -0.00999. The minimum atomic E-state index is -0.403. The summed E-state index contributed by atoms with van der Waals surface area (Å²) in [5, 5.41) is 9.55. The topological polar surface area (TPSA) is 79.7 Å². The molecule has 1 amide bonds. The van der Waals surface area contributed by atoms with Crippen molar-refractivity contribution in [3.8, 4) is 5.75 Å². The molecule has 1 rings (SSSR count). The third-order valence-electron chi connectivity index (χ3n) is 2.47. The van der Waals surface area contributed by atoms with Gasteiger partial charge in [-0.1, -0.05) is 0 Å². The first-order chi connectivity index (χ1) is 8.60. The zero-order chi connectivity index (χ0) is 13.5. The van der Waals surface area contributed by atoms with Gasteiger partial charge in [-0.05, 0) is 19.1 Å². The molecule has 1 heterocycles. The number of amides is 1.